The van der Waals surface area contributed by atoms with Gasteiger partial charge in [-0.25, -0.2) is 0 Å². The SMILES string of the molecule is Cc1ccnc(CC(C)N(C)CC(=O)NCc2ccccc2C)c1. The van der Waals surface area contributed by atoms with Gasteiger partial charge in [0.15, 0.2) is 0 Å². The minimum atomic E-state index is 0.0461. The highest BCUT2D eigenvalue weighted by Gasteiger charge is 2.14. The number of hydrogen-bond donors (Lipinski definition) is 1. The van der Waals surface area contributed by atoms with Gasteiger partial charge in [0.1, 0.15) is 0 Å². The van der Waals surface area contributed by atoms with Crippen molar-refractivity contribution in [3.8, 4) is 0 Å². The fraction of sp³-hybridized carbons (Fsp3) is 0.400. The Morgan fingerprint density at radius 1 is 1.25 bits per heavy atom. The van der Waals surface area contributed by atoms with Crippen LogP contribution in [0.25, 0.3) is 0 Å². The number of likely N-dealkylation sites (N-methyl/N-ethyl adjacent to an activating group) is 1. The van der Waals surface area contributed by atoms with E-state index >= 15 is 0 Å². The lowest BCUT2D eigenvalue weighted by Gasteiger charge is -2.24. The summed E-state index contributed by atoms with van der Waals surface area (Å²) < 4.78 is 0. The minimum absolute atomic E-state index is 0.0461. The average molecular weight is 325 g/mol. The van der Waals surface area contributed by atoms with Crippen LogP contribution in [0.2, 0.25) is 0 Å². The molecule has 2 aromatic rings. The van der Waals surface area contributed by atoms with Crippen molar-refractivity contribution in [2.45, 2.75) is 39.8 Å². The number of nitrogens with zero attached hydrogens (tertiary/aromatic N) is 2. The molecule has 4 heteroatoms. The molecule has 1 aromatic heterocycles. The second-order valence-electron chi connectivity index (χ2n) is 6.50. The molecule has 0 aliphatic carbocycles. The average Bonchev–Trinajstić information content (AvgIpc) is 2.54. The maximum Gasteiger partial charge on any atom is 0.234 e. The van der Waals surface area contributed by atoms with E-state index in [1.54, 1.807) is 0 Å². The molecule has 1 N–H and O–H groups in total. The number of carbonyl (C=O) groups excluding carboxylic acids is 1. The number of aryl methyl sites for hydroxylation is 2. The molecule has 1 atom stereocenters. The van der Waals surface area contributed by atoms with Gasteiger partial charge in [-0.2, -0.15) is 0 Å². The molecule has 0 fully saturated rings. The number of rotatable bonds is 7. The Hall–Kier alpha value is -2.20. The summed E-state index contributed by atoms with van der Waals surface area (Å²) in [5.74, 6) is 0.0461. The quantitative estimate of drug-likeness (QED) is 0.851. The van der Waals surface area contributed by atoms with Crippen molar-refractivity contribution >= 4 is 5.91 Å². The van der Waals surface area contributed by atoms with Crippen LogP contribution in [0.15, 0.2) is 42.6 Å². The highest BCUT2D eigenvalue weighted by Crippen LogP contribution is 2.08. The maximum atomic E-state index is 12.2. The van der Waals surface area contributed by atoms with E-state index in [0.717, 1.165) is 17.7 Å². The highest BCUT2D eigenvalue weighted by atomic mass is 16.2. The monoisotopic (exact) mass is 325 g/mol. The fourth-order valence-electron chi connectivity index (χ4n) is 2.61. The summed E-state index contributed by atoms with van der Waals surface area (Å²) in [5, 5.41) is 3.00. The van der Waals surface area contributed by atoms with E-state index in [2.05, 4.69) is 48.1 Å². The van der Waals surface area contributed by atoms with Crippen molar-refractivity contribution in [3.05, 3.63) is 65.0 Å². The topological polar surface area (TPSA) is 45.2 Å². The maximum absolute atomic E-state index is 12.2. The normalized spacial score (nSPS) is 12.2. The Bertz CT molecular complexity index is 684. The van der Waals surface area contributed by atoms with Crippen molar-refractivity contribution < 1.29 is 4.79 Å². The van der Waals surface area contributed by atoms with E-state index in [9.17, 15) is 4.79 Å². The lowest BCUT2D eigenvalue weighted by Crippen LogP contribution is -2.40. The summed E-state index contributed by atoms with van der Waals surface area (Å²) in [6.07, 6.45) is 2.68. The summed E-state index contributed by atoms with van der Waals surface area (Å²) in [6.45, 7) is 7.22. The number of amides is 1. The third-order valence-corrected chi connectivity index (χ3v) is 4.36. The molecule has 0 bridgehead atoms. The Morgan fingerprint density at radius 2 is 2.00 bits per heavy atom. The zero-order valence-electron chi connectivity index (χ0n) is 15.0. The van der Waals surface area contributed by atoms with Crippen molar-refractivity contribution in [2.75, 3.05) is 13.6 Å². The van der Waals surface area contributed by atoms with Crippen LogP contribution in [0.5, 0.6) is 0 Å². The van der Waals surface area contributed by atoms with E-state index in [-0.39, 0.29) is 11.9 Å². The van der Waals surface area contributed by atoms with Crippen molar-refractivity contribution in [1.82, 2.24) is 15.2 Å². The van der Waals surface area contributed by atoms with Crippen LogP contribution in [-0.4, -0.2) is 35.4 Å². The first-order valence-electron chi connectivity index (χ1n) is 8.38. The third-order valence-electron chi connectivity index (χ3n) is 4.36. The van der Waals surface area contributed by atoms with Gasteiger partial charge in [-0.15, -0.1) is 0 Å². The zero-order chi connectivity index (χ0) is 17.5. The molecule has 128 valence electrons. The van der Waals surface area contributed by atoms with Gasteiger partial charge in [-0.05, 0) is 56.6 Å². The van der Waals surface area contributed by atoms with Crippen molar-refractivity contribution in [3.63, 3.8) is 0 Å². The van der Waals surface area contributed by atoms with Crippen LogP contribution in [0, 0.1) is 13.8 Å². The Balaban J connectivity index is 1.81. The third kappa shape index (κ3) is 5.46. The molecule has 0 radical (unpaired) electrons. The molecule has 0 saturated carbocycles. The second kappa shape index (κ2) is 8.60. The number of nitrogens with one attached hydrogen (secondary N) is 1. The smallest absolute Gasteiger partial charge is 0.234 e. The predicted octanol–water partition coefficient (Wildman–Crippen LogP) is 2.88. The van der Waals surface area contributed by atoms with Crippen molar-refractivity contribution in [2.24, 2.45) is 0 Å². The molecule has 2 rings (SSSR count). The van der Waals surface area contributed by atoms with Gasteiger partial charge in [0.05, 0.1) is 6.54 Å². The number of hydrogen-bond acceptors (Lipinski definition) is 3. The first kappa shape index (κ1) is 18.1. The van der Waals surface area contributed by atoms with E-state index in [1.165, 1.54) is 11.1 Å². The van der Waals surface area contributed by atoms with E-state index in [4.69, 9.17) is 0 Å². The molecule has 1 amide bonds. The van der Waals surface area contributed by atoms with Crippen LogP contribution in [0.3, 0.4) is 0 Å². The fourth-order valence-corrected chi connectivity index (χ4v) is 2.61. The number of aromatic nitrogens is 1. The Kier molecular flexibility index (Phi) is 6.50. The lowest BCUT2D eigenvalue weighted by molar-refractivity contribution is -0.122. The molecule has 0 spiro atoms. The first-order valence-corrected chi connectivity index (χ1v) is 8.38. The van der Waals surface area contributed by atoms with Gasteiger partial charge in [-0.1, -0.05) is 24.3 Å². The zero-order valence-corrected chi connectivity index (χ0v) is 15.0. The highest BCUT2D eigenvalue weighted by molar-refractivity contribution is 5.78. The Labute approximate surface area is 144 Å². The van der Waals surface area contributed by atoms with E-state index in [0.29, 0.717) is 13.1 Å². The summed E-state index contributed by atoms with van der Waals surface area (Å²) >= 11 is 0. The molecule has 24 heavy (non-hydrogen) atoms. The van der Waals surface area contributed by atoms with Gasteiger partial charge >= 0.3 is 0 Å². The molecule has 1 unspecified atom stereocenters. The largest absolute Gasteiger partial charge is 0.351 e. The standard InChI is InChI=1S/C20H27N3O/c1-15-9-10-21-19(11-15)12-17(3)23(4)14-20(24)22-13-18-8-6-5-7-16(18)2/h5-11,17H,12-14H2,1-4H3,(H,22,24). The number of benzene rings is 1. The summed E-state index contributed by atoms with van der Waals surface area (Å²) in [5.41, 5.74) is 4.64. The number of carbonyl (C=O) groups is 1. The predicted molar refractivity (Wildman–Crippen MR) is 97.8 cm³/mol. The molecule has 1 heterocycles. The Morgan fingerprint density at radius 3 is 2.71 bits per heavy atom. The van der Waals surface area contributed by atoms with E-state index in [1.807, 2.05) is 37.5 Å². The first-order chi connectivity index (χ1) is 11.5. The van der Waals surface area contributed by atoms with Gasteiger partial charge in [0.2, 0.25) is 5.91 Å². The summed E-state index contributed by atoms with van der Waals surface area (Å²) in [7, 11) is 1.98. The van der Waals surface area contributed by atoms with Gasteiger partial charge in [-0.3, -0.25) is 14.7 Å². The van der Waals surface area contributed by atoms with Crippen molar-refractivity contribution in [1.29, 1.82) is 0 Å². The van der Waals surface area contributed by atoms with Crippen LogP contribution >= 0.6 is 0 Å². The van der Waals surface area contributed by atoms with Crippen LogP contribution in [-0.2, 0) is 17.8 Å². The van der Waals surface area contributed by atoms with Crippen LogP contribution < -0.4 is 5.32 Å². The van der Waals surface area contributed by atoms with E-state index < -0.39 is 0 Å². The lowest BCUT2D eigenvalue weighted by atomic mass is 10.1. The second-order valence-corrected chi connectivity index (χ2v) is 6.50. The molecule has 4 nitrogen and oxygen atoms in total. The molecule has 0 aliphatic heterocycles. The molecule has 0 saturated heterocycles. The van der Waals surface area contributed by atoms with Gasteiger partial charge in [0, 0.05) is 30.9 Å². The van der Waals surface area contributed by atoms with Crippen LogP contribution in [0.4, 0.5) is 0 Å². The molecular weight excluding hydrogens is 298 g/mol. The summed E-state index contributed by atoms with van der Waals surface area (Å²) in [4.78, 5) is 18.6. The van der Waals surface area contributed by atoms with Gasteiger partial charge < -0.3 is 5.32 Å². The summed E-state index contributed by atoms with van der Waals surface area (Å²) in [6, 6.07) is 12.5. The molecular formula is C20H27N3O. The number of pyridine rings is 1. The minimum Gasteiger partial charge on any atom is -0.351 e. The van der Waals surface area contributed by atoms with Crippen LogP contribution in [0.1, 0.15) is 29.3 Å². The molecule has 1 aromatic carbocycles. The van der Waals surface area contributed by atoms with Gasteiger partial charge in [0.25, 0.3) is 0 Å². The molecule has 0 aliphatic rings.